The van der Waals surface area contributed by atoms with Crippen LogP contribution in [0.3, 0.4) is 0 Å². The van der Waals surface area contributed by atoms with Crippen LogP contribution in [0.1, 0.15) is 24.0 Å². The molecule has 0 aliphatic carbocycles. The number of aliphatic carboxylic acids is 1. The lowest BCUT2D eigenvalue weighted by Crippen LogP contribution is -2.29. The highest BCUT2D eigenvalue weighted by Gasteiger charge is 2.32. The summed E-state index contributed by atoms with van der Waals surface area (Å²) in [5.74, 6) is -2.15. The Labute approximate surface area is 184 Å². The minimum absolute atomic E-state index is 0.0965. The molecule has 1 fully saturated rings. The van der Waals surface area contributed by atoms with Crippen molar-refractivity contribution in [2.45, 2.75) is 19.0 Å². The highest BCUT2D eigenvalue weighted by Crippen LogP contribution is 2.35. The standard InChI is InChI=1S/C21H15F4NO3S2/c22-16-7-6-14(21(23,24)25)11-15(16)13-4-1-3-12(9-13)10-17-19(29)26(20(30)31-17)8-2-5-18(27)28/h1,3-4,6-7,9-11H,2,5,8H2,(H,27,28)/b17-10-. The molecular formula is C21H15F4NO3S2. The monoisotopic (exact) mass is 469 g/mol. The molecule has 0 unspecified atom stereocenters. The molecule has 0 bridgehead atoms. The fourth-order valence-corrected chi connectivity index (χ4v) is 4.26. The number of benzene rings is 2. The van der Waals surface area contributed by atoms with Crippen LogP contribution in [0.5, 0.6) is 0 Å². The van der Waals surface area contributed by atoms with Gasteiger partial charge in [-0.3, -0.25) is 14.5 Å². The molecule has 1 heterocycles. The number of thiocarbonyl (C=S) groups is 1. The Morgan fingerprint density at radius 1 is 1.19 bits per heavy atom. The van der Waals surface area contributed by atoms with Gasteiger partial charge in [0.2, 0.25) is 0 Å². The molecule has 2 aromatic rings. The summed E-state index contributed by atoms with van der Waals surface area (Å²) in [6, 6.07) is 8.34. The molecule has 1 aliphatic heterocycles. The van der Waals surface area contributed by atoms with Crippen LogP contribution in [-0.4, -0.2) is 32.7 Å². The van der Waals surface area contributed by atoms with Gasteiger partial charge in [-0.1, -0.05) is 42.2 Å². The number of hydrogen-bond acceptors (Lipinski definition) is 4. The molecule has 31 heavy (non-hydrogen) atoms. The van der Waals surface area contributed by atoms with Crippen molar-refractivity contribution in [1.82, 2.24) is 4.90 Å². The van der Waals surface area contributed by atoms with E-state index in [1.807, 2.05) is 0 Å². The molecule has 4 nitrogen and oxygen atoms in total. The van der Waals surface area contributed by atoms with Gasteiger partial charge in [0.1, 0.15) is 10.1 Å². The Bertz CT molecular complexity index is 1080. The Hall–Kier alpha value is -2.72. The summed E-state index contributed by atoms with van der Waals surface area (Å²) < 4.78 is 53.5. The maximum absolute atomic E-state index is 14.2. The van der Waals surface area contributed by atoms with Crippen LogP contribution in [0.15, 0.2) is 47.4 Å². The van der Waals surface area contributed by atoms with Gasteiger partial charge in [0.05, 0.1) is 10.5 Å². The summed E-state index contributed by atoms with van der Waals surface area (Å²) in [5.41, 5.74) is -0.447. The molecule has 10 heteroatoms. The number of carboxylic acids is 1. The summed E-state index contributed by atoms with van der Waals surface area (Å²) in [7, 11) is 0. The van der Waals surface area contributed by atoms with Gasteiger partial charge in [0.25, 0.3) is 5.91 Å². The van der Waals surface area contributed by atoms with Gasteiger partial charge in [0.15, 0.2) is 0 Å². The summed E-state index contributed by atoms with van der Waals surface area (Å²) >= 11 is 6.23. The molecular weight excluding hydrogens is 454 g/mol. The number of thioether (sulfide) groups is 1. The Balaban J connectivity index is 1.86. The molecule has 1 N–H and O–H groups in total. The van der Waals surface area contributed by atoms with Crippen LogP contribution in [0, 0.1) is 5.82 Å². The van der Waals surface area contributed by atoms with Crippen molar-refractivity contribution >= 4 is 46.3 Å². The Morgan fingerprint density at radius 3 is 2.61 bits per heavy atom. The largest absolute Gasteiger partial charge is 0.481 e. The van der Waals surface area contributed by atoms with E-state index in [1.54, 1.807) is 12.1 Å². The van der Waals surface area contributed by atoms with E-state index in [2.05, 4.69) is 0 Å². The van der Waals surface area contributed by atoms with Gasteiger partial charge in [-0.15, -0.1) is 0 Å². The first-order chi connectivity index (χ1) is 14.6. The van der Waals surface area contributed by atoms with Gasteiger partial charge in [-0.05, 0) is 47.9 Å². The predicted molar refractivity (Wildman–Crippen MR) is 114 cm³/mol. The first-order valence-corrected chi connectivity index (χ1v) is 10.2. The molecule has 162 valence electrons. The minimum atomic E-state index is -4.60. The smallest absolute Gasteiger partial charge is 0.416 e. The zero-order valence-corrected chi connectivity index (χ0v) is 17.4. The maximum atomic E-state index is 14.2. The van der Waals surface area contributed by atoms with Crippen LogP contribution in [0.2, 0.25) is 0 Å². The molecule has 0 atom stereocenters. The molecule has 0 spiro atoms. The number of alkyl halides is 3. The first-order valence-electron chi connectivity index (χ1n) is 9.00. The quantitative estimate of drug-likeness (QED) is 0.340. The van der Waals surface area contributed by atoms with Crippen LogP contribution >= 0.6 is 24.0 Å². The van der Waals surface area contributed by atoms with Gasteiger partial charge in [0, 0.05) is 18.5 Å². The van der Waals surface area contributed by atoms with Gasteiger partial charge >= 0.3 is 12.1 Å². The molecule has 1 aliphatic rings. The van der Waals surface area contributed by atoms with E-state index in [9.17, 15) is 27.2 Å². The second-order valence-corrected chi connectivity index (χ2v) is 8.32. The van der Waals surface area contributed by atoms with Crippen LogP contribution < -0.4 is 0 Å². The third-order valence-electron chi connectivity index (χ3n) is 4.44. The number of rotatable bonds is 6. The zero-order valence-electron chi connectivity index (χ0n) is 15.8. The van der Waals surface area contributed by atoms with Crippen molar-refractivity contribution in [2.24, 2.45) is 0 Å². The fraction of sp³-hybridized carbons (Fsp3) is 0.190. The van der Waals surface area contributed by atoms with Crippen molar-refractivity contribution < 1.29 is 32.3 Å². The minimum Gasteiger partial charge on any atom is -0.481 e. The number of halogens is 4. The SMILES string of the molecule is O=C(O)CCCN1C(=O)/C(=C/c2cccc(-c3cc(C(F)(F)F)ccc3F)c2)SC1=S. The molecule has 0 aromatic heterocycles. The second-order valence-electron chi connectivity index (χ2n) is 6.65. The topological polar surface area (TPSA) is 57.6 Å². The summed E-state index contributed by atoms with van der Waals surface area (Å²) in [5, 5.41) is 8.73. The van der Waals surface area contributed by atoms with Crippen molar-refractivity contribution in [2.75, 3.05) is 6.54 Å². The second kappa shape index (κ2) is 9.19. The van der Waals surface area contributed by atoms with Gasteiger partial charge in [-0.2, -0.15) is 13.2 Å². The van der Waals surface area contributed by atoms with E-state index in [1.165, 1.54) is 23.1 Å². The number of carbonyl (C=O) groups is 2. The summed E-state index contributed by atoms with van der Waals surface area (Å²) in [6.07, 6.45) is -2.93. The molecule has 3 rings (SSSR count). The molecule has 1 saturated heterocycles. The van der Waals surface area contributed by atoms with Crippen LogP contribution in [0.25, 0.3) is 17.2 Å². The third-order valence-corrected chi connectivity index (χ3v) is 5.81. The number of carbonyl (C=O) groups excluding carboxylic acids is 1. The summed E-state index contributed by atoms with van der Waals surface area (Å²) in [4.78, 5) is 24.8. The van der Waals surface area contributed by atoms with Gasteiger partial charge in [-0.25, -0.2) is 4.39 Å². The van der Waals surface area contributed by atoms with E-state index >= 15 is 0 Å². The van der Waals surface area contributed by atoms with E-state index in [0.29, 0.717) is 20.9 Å². The van der Waals surface area contributed by atoms with E-state index in [0.717, 1.165) is 23.9 Å². The molecule has 0 saturated carbocycles. The van der Waals surface area contributed by atoms with Crippen molar-refractivity contribution in [3.8, 4) is 11.1 Å². The van der Waals surface area contributed by atoms with E-state index < -0.39 is 23.5 Å². The molecule has 1 amide bonds. The number of amides is 1. The van der Waals surface area contributed by atoms with Crippen LogP contribution in [-0.2, 0) is 15.8 Å². The first kappa shape index (κ1) is 23.0. The summed E-state index contributed by atoms with van der Waals surface area (Å²) in [6.45, 7) is 0.170. The van der Waals surface area contributed by atoms with Crippen molar-refractivity contribution in [3.63, 3.8) is 0 Å². The number of carboxylic acid groups (broad SMARTS) is 1. The normalized spacial score (nSPS) is 15.7. The van der Waals surface area contributed by atoms with Crippen LogP contribution in [0.4, 0.5) is 17.6 Å². The Morgan fingerprint density at radius 2 is 1.94 bits per heavy atom. The lowest BCUT2D eigenvalue weighted by atomic mass is 10.00. The Kier molecular flexibility index (Phi) is 6.80. The predicted octanol–water partition coefficient (Wildman–Crippen LogP) is 5.58. The highest BCUT2D eigenvalue weighted by molar-refractivity contribution is 8.26. The third kappa shape index (κ3) is 5.50. The highest BCUT2D eigenvalue weighted by atomic mass is 32.2. The van der Waals surface area contributed by atoms with E-state index in [-0.39, 0.29) is 36.4 Å². The van der Waals surface area contributed by atoms with Crippen molar-refractivity contribution in [1.29, 1.82) is 0 Å². The van der Waals surface area contributed by atoms with Gasteiger partial charge < -0.3 is 5.11 Å². The average Bonchev–Trinajstić information content (AvgIpc) is 2.94. The van der Waals surface area contributed by atoms with E-state index in [4.69, 9.17) is 17.3 Å². The lowest BCUT2D eigenvalue weighted by molar-refractivity contribution is -0.138. The number of nitrogens with zero attached hydrogens (tertiary/aromatic N) is 1. The average molecular weight is 469 g/mol. The number of hydrogen-bond donors (Lipinski definition) is 1. The fourth-order valence-electron chi connectivity index (χ4n) is 2.95. The molecule has 0 radical (unpaired) electrons. The zero-order chi connectivity index (χ0) is 22.8. The molecule has 2 aromatic carbocycles. The lowest BCUT2D eigenvalue weighted by Gasteiger charge is -2.13. The maximum Gasteiger partial charge on any atom is 0.416 e. The van der Waals surface area contributed by atoms with Crippen molar-refractivity contribution in [3.05, 3.63) is 64.3 Å².